The third-order valence-corrected chi connectivity index (χ3v) is 3.54. The van der Waals surface area contributed by atoms with Crippen LogP contribution in [-0.2, 0) is 11.3 Å². The second kappa shape index (κ2) is 8.64. The van der Waals surface area contributed by atoms with Crippen molar-refractivity contribution < 1.29 is 9.59 Å². The second-order valence-electron chi connectivity index (χ2n) is 5.00. The van der Waals surface area contributed by atoms with E-state index in [4.69, 9.17) is 0 Å². The lowest BCUT2D eigenvalue weighted by Crippen LogP contribution is -2.46. The zero-order chi connectivity index (χ0) is 14.4. The molecule has 1 fully saturated rings. The predicted octanol–water partition coefficient (Wildman–Crippen LogP) is 1.23. The van der Waals surface area contributed by atoms with Crippen molar-refractivity contribution in [2.24, 2.45) is 0 Å². The molecule has 0 radical (unpaired) electrons. The van der Waals surface area contributed by atoms with Crippen molar-refractivity contribution in [3.63, 3.8) is 0 Å². The van der Waals surface area contributed by atoms with Crippen molar-refractivity contribution in [2.75, 3.05) is 13.6 Å². The fourth-order valence-corrected chi connectivity index (χ4v) is 2.31. The van der Waals surface area contributed by atoms with Crippen LogP contribution in [0, 0.1) is 0 Å². The van der Waals surface area contributed by atoms with E-state index >= 15 is 0 Å². The van der Waals surface area contributed by atoms with Crippen LogP contribution in [0.15, 0.2) is 24.3 Å². The van der Waals surface area contributed by atoms with Gasteiger partial charge in [0.15, 0.2) is 0 Å². The minimum absolute atomic E-state index is 0. The van der Waals surface area contributed by atoms with Gasteiger partial charge in [0.2, 0.25) is 5.91 Å². The number of rotatable bonds is 4. The molecule has 0 bridgehead atoms. The normalized spacial score (nSPS) is 17.5. The Kier molecular flexibility index (Phi) is 7.19. The molecule has 1 heterocycles. The van der Waals surface area contributed by atoms with Gasteiger partial charge in [0, 0.05) is 19.2 Å². The number of piperidine rings is 1. The van der Waals surface area contributed by atoms with Crippen LogP contribution in [0.5, 0.6) is 0 Å². The van der Waals surface area contributed by atoms with E-state index in [0.717, 1.165) is 31.4 Å². The molecule has 5 nitrogen and oxygen atoms in total. The van der Waals surface area contributed by atoms with E-state index < -0.39 is 0 Å². The molecule has 116 valence electrons. The highest BCUT2D eigenvalue weighted by Crippen LogP contribution is 2.08. The van der Waals surface area contributed by atoms with Crippen LogP contribution in [0.1, 0.15) is 35.2 Å². The Labute approximate surface area is 131 Å². The highest BCUT2D eigenvalue weighted by atomic mass is 35.5. The van der Waals surface area contributed by atoms with Gasteiger partial charge in [-0.25, -0.2) is 0 Å². The quantitative estimate of drug-likeness (QED) is 0.783. The van der Waals surface area contributed by atoms with Gasteiger partial charge < -0.3 is 16.0 Å². The number of carbonyl (C=O) groups is 2. The van der Waals surface area contributed by atoms with Gasteiger partial charge in [0.05, 0.1) is 6.04 Å². The molecule has 2 rings (SSSR count). The highest BCUT2D eigenvalue weighted by molar-refractivity contribution is 5.93. The third-order valence-electron chi connectivity index (χ3n) is 3.54. The summed E-state index contributed by atoms with van der Waals surface area (Å²) in [5.41, 5.74) is 1.61. The SMILES string of the molecule is CNC(=O)c1ccc(CNC(=O)[C@@H]2CCCCN2)cc1.Cl. The summed E-state index contributed by atoms with van der Waals surface area (Å²) in [5.74, 6) is -0.0490. The minimum Gasteiger partial charge on any atom is -0.355 e. The number of nitrogens with one attached hydrogen (secondary N) is 3. The fraction of sp³-hybridized carbons (Fsp3) is 0.467. The Hall–Kier alpha value is -1.59. The molecule has 0 aliphatic carbocycles. The summed E-state index contributed by atoms with van der Waals surface area (Å²) in [7, 11) is 1.60. The van der Waals surface area contributed by atoms with Crippen LogP contribution in [0.4, 0.5) is 0 Å². The lowest BCUT2D eigenvalue weighted by atomic mass is 10.0. The maximum absolute atomic E-state index is 12.0. The van der Waals surface area contributed by atoms with Gasteiger partial charge >= 0.3 is 0 Å². The average molecular weight is 312 g/mol. The predicted molar refractivity (Wildman–Crippen MR) is 84.6 cm³/mol. The Bertz CT molecular complexity index is 470. The Morgan fingerprint density at radius 3 is 2.52 bits per heavy atom. The molecule has 1 aromatic rings. The van der Waals surface area contributed by atoms with Gasteiger partial charge in [-0.2, -0.15) is 0 Å². The molecule has 21 heavy (non-hydrogen) atoms. The summed E-state index contributed by atoms with van der Waals surface area (Å²) in [4.78, 5) is 23.4. The molecule has 1 atom stereocenters. The highest BCUT2D eigenvalue weighted by Gasteiger charge is 2.19. The minimum atomic E-state index is -0.105. The molecule has 0 aromatic heterocycles. The molecule has 1 saturated heterocycles. The maximum Gasteiger partial charge on any atom is 0.251 e. The third kappa shape index (κ3) is 5.02. The fourth-order valence-electron chi connectivity index (χ4n) is 2.31. The van der Waals surface area contributed by atoms with Crippen LogP contribution in [0.3, 0.4) is 0 Å². The number of benzene rings is 1. The average Bonchev–Trinajstić information content (AvgIpc) is 2.53. The smallest absolute Gasteiger partial charge is 0.251 e. The Morgan fingerprint density at radius 2 is 1.95 bits per heavy atom. The zero-order valence-electron chi connectivity index (χ0n) is 12.1. The molecule has 0 unspecified atom stereocenters. The number of halogens is 1. The molecule has 1 aromatic carbocycles. The van der Waals surface area contributed by atoms with Crippen molar-refractivity contribution in [3.8, 4) is 0 Å². The van der Waals surface area contributed by atoms with Crippen molar-refractivity contribution in [2.45, 2.75) is 31.8 Å². The summed E-state index contributed by atoms with van der Waals surface area (Å²) < 4.78 is 0. The second-order valence-corrected chi connectivity index (χ2v) is 5.00. The first-order chi connectivity index (χ1) is 9.70. The van der Waals surface area contributed by atoms with E-state index in [0.29, 0.717) is 12.1 Å². The number of hydrogen-bond acceptors (Lipinski definition) is 3. The van der Waals surface area contributed by atoms with Crippen LogP contribution in [0.2, 0.25) is 0 Å². The van der Waals surface area contributed by atoms with E-state index in [1.165, 1.54) is 0 Å². The van der Waals surface area contributed by atoms with Gasteiger partial charge in [0.1, 0.15) is 0 Å². The maximum atomic E-state index is 12.0. The number of hydrogen-bond donors (Lipinski definition) is 3. The van der Waals surface area contributed by atoms with Gasteiger partial charge in [0.25, 0.3) is 5.91 Å². The van der Waals surface area contributed by atoms with E-state index in [9.17, 15) is 9.59 Å². The summed E-state index contributed by atoms with van der Waals surface area (Å²) in [5, 5.41) is 8.73. The largest absolute Gasteiger partial charge is 0.355 e. The van der Waals surface area contributed by atoms with E-state index in [1.54, 1.807) is 19.2 Å². The van der Waals surface area contributed by atoms with Crippen LogP contribution >= 0.6 is 12.4 Å². The topological polar surface area (TPSA) is 70.2 Å². The first-order valence-corrected chi connectivity index (χ1v) is 7.03. The summed E-state index contributed by atoms with van der Waals surface area (Å²) in [6.07, 6.45) is 3.15. The summed E-state index contributed by atoms with van der Waals surface area (Å²) >= 11 is 0. The molecule has 1 aliphatic heterocycles. The molecule has 3 N–H and O–H groups in total. The molecule has 0 saturated carbocycles. The van der Waals surface area contributed by atoms with Gasteiger partial charge in [-0.3, -0.25) is 9.59 Å². The Balaban J connectivity index is 0.00000220. The summed E-state index contributed by atoms with van der Waals surface area (Å²) in [6, 6.07) is 7.19. The molecule has 1 aliphatic rings. The zero-order valence-corrected chi connectivity index (χ0v) is 13.0. The van der Waals surface area contributed by atoms with Crippen LogP contribution in [0.25, 0.3) is 0 Å². The molecular formula is C15H22ClN3O2. The first-order valence-electron chi connectivity index (χ1n) is 7.03. The first kappa shape index (κ1) is 17.5. The number of amides is 2. The van der Waals surface area contributed by atoms with Crippen LogP contribution in [-0.4, -0.2) is 31.4 Å². The van der Waals surface area contributed by atoms with E-state index in [-0.39, 0.29) is 30.3 Å². The number of carbonyl (C=O) groups excluding carboxylic acids is 2. The lowest BCUT2D eigenvalue weighted by molar-refractivity contribution is -0.123. The van der Waals surface area contributed by atoms with Crippen molar-refractivity contribution in [1.82, 2.24) is 16.0 Å². The monoisotopic (exact) mass is 311 g/mol. The van der Waals surface area contributed by atoms with Gasteiger partial charge in [-0.05, 0) is 37.1 Å². The van der Waals surface area contributed by atoms with Crippen molar-refractivity contribution in [1.29, 1.82) is 0 Å². The lowest BCUT2D eigenvalue weighted by Gasteiger charge is -2.22. The van der Waals surface area contributed by atoms with Crippen molar-refractivity contribution in [3.05, 3.63) is 35.4 Å². The van der Waals surface area contributed by atoms with E-state index in [1.807, 2.05) is 12.1 Å². The van der Waals surface area contributed by atoms with Gasteiger partial charge in [-0.15, -0.1) is 12.4 Å². The molecular weight excluding hydrogens is 290 g/mol. The molecule has 2 amide bonds. The van der Waals surface area contributed by atoms with Crippen molar-refractivity contribution >= 4 is 24.2 Å². The molecule has 0 spiro atoms. The Morgan fingerprint density at radius 1 is 1.24 bits per heavy atom. The van der Waals surface area contributed by atoms with Gasteiger partial charge in [-0.1, -0.05) is 18.6 Å². The standard InChI is InChI=1S/C15H21N3O2.ClH/c1-16-14(19)12-7-5-11(6-8-12)10-18-15(20)13-4-2-3-9-17-13;/h5-8,13,17H,2-4,9-10H2,1H3,(H,16,19)(H,18,20);1H/t13-;/m0./s1. The van der Waals surface area contributed by atoms with Crippen LogP contribution < -0.4 is 16.0 Å². The molecule has 6 heteroatoms. The van der Waals surface area contributed by atoms with E-state index in [2.05, 4.69) is 16.0 Å². The summed E-state index contributed by atoms with van der Waals surface area (Å²) in [6.45, 7) is 1.41.